The second-order valence-electron chi connectivity index (χ2n) is 5.83. The molecule has 3 heteroatoms. The topological polar surface area (TPSA) is 0 Å². The average Bonchev–Trinajstić information content (AvgIpc) is 2.46. The number of allylic oxidation sites excluding steroid dienone is 2. The molecule has 0 radical (unpaired) electrons. The molecule has 0 aromatic heterocycles. The van der Waals surface area contributed by atoms with Crippen LogP contribution in [0.2, 0.25) is 0 Å². The van der Waals surface area contributed by atoms with Crippen LogP contribution in [0.1, 0.15) is 36.5 Å². The van der Waals surface area contributed by atoms with Crippen molar-refractivity contribution in [2.75, 3.05) is 0 Å². The summed E-state index contributed by atoms with van der Waals surface area (Å²) in [6, 6.07) is 13.6. The van der Waals surface area contributed by atoms with Gasteiger partial charge in [-0.3, -0.25) is 0 Å². The molecule has 0 spiro atoms. The van der Waals surface area contributed by atoms with Crippen molar-refractivity contribution in [2.24, 2.45) is 0 Å². The molecule has 0 atom stereocenters. The van der Waals surface area contributed by atoms with Gasteiger partial charge in [0.2, 0.25) is 0 Å². The van der Waals surface area contributed by atoms with Gasteiger partial charge in [-0.15, -0.1) is 0 Å². The molecular weight excluding hydrogens is 297 g/mol. The predicted molar refractivity (Wildman–Crippen MR) is 90.3 cm³/mol. The van der Waals surface area contributed by atoms with Crippen LogP contribution in [0.5, 0.6) is 0 Å². The number of aryl methyl sites for hydroxylation is 2. The molecule has 0 nitrogen and oxygen atoms in total. The van der Waals surface area contributed by atoms with Crippen LogP contribution in [-0.4, -0.2) is 6.18 Å². The zero-order valence-electron chi connectivity index (χ0n) is 13.7. The van der Waals surface area contributed by atoms with Gasteiger partial charge in [0.05, 0.1) is 6.42 Å². The molecule has 0 aliphatic carbocycles. The van der Waals surface area contributed by atoms with E-state index in [4.69, 9.17) is 0 Å². The molecular formula is C20H21F3. The molecule has 0 saturated heterocycles. The number of hydrogen-bond acceptors (Lipinski definition) is 0. The van der Waals surface area contributed by atoms with E-state index in [0.717, 1.165) is 16.7 Å². The van der Waals surface area contributed by atoms with Crippen LogP contribution in [0.15, 0.2) is 48.5 Å². The van der Waals surface area contributed by atoms with E-state index in [1.54, 1.807) is 18.2 Å². The number of halogens is 3. The van der Waals surface area contributed by atoms with Crippen molar-refractivity contribution in [1.82, 2.24) is 0 Å². The Balaban J connectivity index is 2.32. The second kappa shape index (κ2) is 7.03. The van der Waals surface area contributed by atoms with E-state index in [9.17, 15) is 13.2 Å². The fourth-order valence-corrected chi connectivity index (χ4v) is 2.76. The number of rotatable bonds is 4. The molecule has 0 aliphatic rings. The molecule has 23 heavy (non-hydrogen) atoms. The van der Waals surface area contributed by atoms with Crippen LogP contribution < -0.4 is 0 Å². The Morgan fingerprint density at radius 2 is 1.65 bits per heavy atom. The van der Waals surface area contributed by atoms with Crippen molar-refractivity contribution in [3.8, 4) is 11.1 Å². The maximum Gasteiger partial charge on any atom is 0.393 e. The van der Waals surface area contributed by atoms with Crippen molar-refractivity contribution in [3.05, 3.63) is 65.2 Å². The van der Waals surface area contributed by atoms with Gasteiger partial charge in [0, 0.05) is 0 Å². The van der Waals surface area contributed by atoms with Gasteiger partial charge in [0.15, 0.2) is 0 Å². The second-order valence-corrected chi connectivity index (χ2v) is 5.83. The number of hydrogen-bond donors (Lipinski definition) is 0. The molecule has 0 unspecified atom stereocenters. The third kappa shape index (κ3) is 4.72. The summed E-state index contributed by atoms with van der Waals surface area (Å²) < 4.78 is 38.1. The van der Waals surface area contributed by atoms with E-state index >= 15 is 0 Å². The minimum absolute atomic E-state index is 0.340. The Labute approximate surface area is 135 Å². The molecule has 0 aliphatic heterocycles. The van der Waals surface area contributed by atoms with E-state index in [2.05, 4.69) is 12.1 Å². The molecule has 0 heterocycles. The summed E-state index contributed by atoms with van der Waals surface area (Å²) in [5.41, 5.74) is 5.47. The van der Waals surface area contributed by atoms with Crippen molar-refractivity contribution in [3.63, 3.8) is 0 Å². The predicted octanol–water partition coefficient (Wildman–Crippen LogP) is 6.72. The number of alkyl halides is 3. The summed E-state index contributed by atoms with van der Waals surface area (Å²) in [6.45, 7) is 5.93. The maximum absolute atomic E-state index is 12.7. The summed E-state index contributed by atoms with van der Waals surface area (Å²) >= 11 is 0. The van der Waals surface area contributed by atoms with Gasteiger partial charge < -0.3 is 0 Å². The van der Waals surface area contributed by atoms with E-state index < -0.39 is 12.6 Å². The first kappa shape index (κ1) is 17.3. The Hall–Kier alpha value is -2.03. The van der Waals surface area contributed by atoms with Gasteiger partial charge in [0.25, 0.3) is 0 Å². The lowest BCUT2D eigenvalue weighted by atomic mass is 9.95. The molecule has 122 valence electrons. The highest BCUT2D eigenvalue weighted by Crippen LogP contribution is 2.32. The van der Waals surface area contributed by atoms with Gasteiger partial charge in [-0.1, -0.05) is 61.0 Å². The minimum Gasteiger partial charge on any atom is -0.171 e. The zero-order chi connectivity index (χ0) is 17.0. The third-order valence-electron chi connectivity index (χ3n) is 3.79. The van der Waals surface area contributed by atoms with Crippen molar-refractivity contribution in [1.29, 1.82) is 0 Å². The lowest BCUT2D eigenvalue weighted by Crippen LogP contribution is -2.08. The maximum atomic E-state index is 12.7. The summed E-state index contributed by atoms with van der Waals surface area (Å²) in [7, 11) is 0. The minimum atomic E-state index is -4.19. The zero-order valence-corrected chi connectivity index (χ0v) is 13.7. The standard InChI is InChI=1S/C20H21F3/c1-4-5-18(13-20(21,22)23)16-7-9-17(10-8-16)19-11-6-14(2)12-15(19)3/h5-12H,4,13H2,1-3H3/b18-5+. The largest absolute Gasteiger partial charge is 0.393 e. The van der Waals surface area contributed by atoms with E-state index in [0.29, 0.717) is 17.6 Å². The molecule has 2 rings (SSSR count). The molecule has 0 amide bonds. The quantitative estimate of drug-likeness (QED) is 0.587. The van der Waals surface area contributed by atoms with Crippen LogP contribution in [0, 0.1) is 13.8 Å². The van der Waals surface area contributed by atoms with Crippen LogP contribution in [0.4, 0.5) is 13.2 Å². The average molecular weight is 318 g/mol. The Morgan fingerprint density at radius 3 is 2.17 bits per heavy atom. The monoisotopic (exact) mass is 318 g/mol. The normalized spacial score (nSPS) is 12.5. The molecule has 2 aromatic carbocycles. The Morgan fingerprint density at radius 1 is 1.00 bits per heavy atom. The summed E-state index contributed by atoms with van der Waals surface area (Å²) in [5, 5.41) is 0. The third-order valence-corrected chi connectivity index (χ3v) is 3.79. The summed E-state index contributed by atoms with van der Waals surface area (Å²) in [4.78, 5) is 0. The molecule has 2 aromatic rings. The first-order valence-electron chi connectivity index (χ1n) is 7.74. The smallest absolute Gasteiger partial charge is 0.171 e. The first-order chi connectivity index (χ1) is 10.8. The van der Waals surface area contributed by atoms with Crippen LogP contribution in [0.25, 0.3) is 16.7 Å². The van der Waals surface area contributed by atoms with Gasteiger partial charge >= 0.3 is 6.18 Å². The summed E-state index contributed by atoms with van der Waals surface area (Å²) in [5.74, 6) is 0. The molecule has 0 fully saturated rings. The van der Waals surface area contributed by atoms with Gasteiger partial charge in [0.1, 0.15) is 0 Å². The van der Waals surface area contributed by atoms with Crippen LogP contribution >= 0.6 is 0 Å². The van der Waals surface area contributed by atoms with Crippen molar-refractivity contribution < 1.29 is 13.2 Å². The summed E-state index contributed by atoms with van der Waals surface area (Å²) in [6.07, 6.45) is -2.83. The fourth-order valence-electron chi connectivity index (χ4n) is 2.76. The Kier molecular flexibility index (Phi) is 5.30. The van der Waals surface area contributed by atoms with Crippen molar-refractivity contribution >= 4 is 5.57 Å². The van der Waals surface area contributed by atoms with Crippen molar-refractivity contribution in [2.45, 2.75) is 39.8 Å². The highest BCUT2D eigenvalue weighted by atomic mass is 19.4. The highest BCUT2D eigenvalue weighted by molar-refractivity contribution is 5.72. The van der Waals surface area contributed by atoms with Gasteiger partial charge in [-0.05, 0) is 48.1 Å². The Bertz CT molecular complexity index is 692. The van der Waals surface area contributed by atoms with E-state index in [1.807, 2.05) is 39.0 Å². The molecule has 0 N–H and O–H groups in total. The molecule has 0 bridgehead atoms. The SMILES string of the molecule is CC/C=C(\CC(F)(F)F)c1ccc(-c2ccc(C)cc2C)cc1. The van der Waals surface area contributed by atoms with Crippen LogP contribution in [0.3, 0.4) is 0 Å². The highest BCUT2D eigenvalue weighted by Gasteiger charge is 2.29. The lowest BCUT2D eigenvalue weighted by Gasteiger charge is -2.13. The van der Waals surface area contributed by atoms with E-state index in [1.165, 1.54) is 5.56 Å². The lowest BCUT2D eigenvalue weighted by molar-refractivity contribution is -0.123. The van der Waals surface area contributed by atoms with E-state index in [-0.39, 0.29) is 0 Å². The van der Waals surface area contributed by atoms with Gasteiger partial charge in [-0.2, -0.15) is 13.2 Å². The molecule has 0 saturated carbocycles. The number of benzene rings is 2. The fraction of sp³-hybridized carbons (Fsp3) is 0.300. The van der Waals surface area contributed by atoms with Crippen LogP contribution in [-0.2, 0) is 0 Å². The first-order valence-corrected chi connectivity index (χ1v) is 7.74. The van der Waals surface area contributed by atoms with Gasteiger partial charge in [-0.25, -0.2) is 0 Å².